The molecule has 2 heterocycles. The molecule has 0 saturated carbocycles. The van der Waals surface area contributed by atoms with Gasteiger partial charge in [0, 0.05) is 29.8 Å². The minimum absolute atomic E-state index is 0.149. The van der Waals surface area contributed by atoms with Gasteiger partial charge in [-0.15, -0.1) is 0 Å². The second-order valence-corrected chi connectivity index (χ2v) is 7.20. The molecular formula is C21H23FN2O3. The molecule has 2 atom stereocenters. The van der Waals surface area contributed by atoms with Crippen molar-refractivity contribution in [3.63, 3.8) is 0 Å². The molecule has 0 unspecified atom stereocenters. The number of nitrogens with two attached hydrogens (primary N) is 1. The predicted molar refractivity (Wildman–Crippen MR) is 98.2 cm³/mol. The van der Waals surface area contributed by atoms with Gasteiger partial charge in [0.15, 0.2) is 0 Å². The summed E-state index contributed by atoms with van der Waals surface area (Å²) in [6.07, 6.45) is 1.21. The van der Waals surface area contributed by atoms with E-state index in [9.17, 15) is 9.18 Å². The van der Waals surface area contributed by atoms with Gasteiger partial charge < -0.3 is 15.2 Å². The minimum atomic E-state index is -0.511. The molecule has 4 rings (SSSR count). The molecule has 6 heteroatoms. The number of amides is 1. The number of likely N-dealkylation sites (tertiary alicyclic amines) is 1. The molecule has 0 aliphatic carbocycles. The average Bonchev–Trinajstić information content (AvgIpc) is 2.68. The SMILES string of the molecule is NC(=O)[C@@H]1CCCN(Cc2cc(F)cc3c2O[C@H](c2ccccc2)OC3)C1. The van der Waals surface area contributed by atoms with E-state index in [-0.39, 0.29) is 17.6 Å². The first-order chi connectivity index (χ1) is 13.1. The minimum Gasteiger partial charge on any atom is -0.460 e. The first-order valence-corrected chi connectivity index (χ1v) is 9.26. The number of benzene rings is 2. The van der Waals surface area contributed by atoms with Crippen molar-refractivity contribution in [1.82, 2.24) is 4.90 Å². The van der Waals surface area contributed by atoms with Crippen molar-refractivity contribution in [1.29, 1.82) is 0 Å². The summed E-state index contributed by atoms with van der Waals surface area (Å²) < 4.78 is 26.0. The van der Waals surface area contributed by atoms with E-state index in [4.69, 9.17) is 15.2 Å². The molecule has 1 saturated heterocycles. The summed E-state index contributed by atoms with van der Waals surface area (Å²) >= 11 is 0. The predicted octanol–water partition coefficient (Wildman–Crippen LogP) is 3.13. The van der Waals surface area contributed by atoms with E-state index in [1.54, 1.807) is 0 Å². The van der Waals surface area contributed by atoms with E-state index in [1.807, 2.05) is 30.3 Å². The van der Waals surface area contributed by atoms with E-state index in [0.29, 0.717) is 31.0 Å². The molecule has 2 N–H and O–H groups in total. The highest BCUT2D eigenvalue weighted by Gasteiger charge is 2.28. The van der Waals surface area contributed by atoms with Gasteiger partial charge in [-0.05, 0) is 31.5 Å². The second kappa shape index (κ2) is 7.66. The fourth-order valence-electron chi connectivity index (χ4n) is 3.84. The number of primary amides is 1. The Morgan fingerprint density at radius 1 is 1.26 bits per heavy atom. The lowest BCUT2D eigenvalue weighted by atomic mass is 9.96. The van der Waals surface area contributed by atoms with Crippen molar-refractivity contribution in [3.8, 4) is 5.75 Å². The number of fused-ring (bicyclic) bond motifs is 1. The van der Waals surface area contributed by atoms with Gasteiger partial charge in [-0.2, -0.15) is 0 Å². The third kappa shape index (κ3) is 3.96. The van der Waals surface area contributed by atoms with Gasteiger partial charge >= 0.3 is 0 Å². The van der Waals surface area contributed by atoms with Crippen LogP contribution in [-0.2, 0) is 22.7 Å². The molecule has 5 nitrogen and oxygen atoms in total. The first-order valence-electron chi connectivity index (χ1n) is 9.26. The molecule has 2 aliphatic rings. The molecule has 0 radical (unpaired) electrons. The van der Waals surface area contributed by atoms with E-state index in [2.05, 4.69) is 4.90 Å². The van der Waals surface area contributed by atoms with Crippen molar-refractivity contribution in [3.05, 3.63) is 65.0 Å². The van der Waals surface area contributed by atoms with Crippen LogP contribution < -0.4 is 10.5 Å². The number of ether oxygens (including phenoxy) is 2. The monoisotopic (exact) mass is 370 g/mol. The average molecular weight is 370 g/mol. The summed E-state index contributed by atoms with van der Waals surface area (Å²) in [6, 6.07) is 12.7. The van der Waals surface area contributed by atoms with E-state index in [0.717, 1.165) is 30.5 Å². The standard InChI is InChI=1S/C21H23FN2O3/c22-18-9-16(12-24-8-4-7-15(11-24)20(23)25)19-17(10-18)13-26-21(27-19)14-5-2-1-3-6-14/h1-3,5-6,9-10,15,21H,4,7-8,11-13H2,(H2,23,25)/t15-,21-/m1/s1. The topological polar surface area (TPSA) is 64.8 Å². The summed E-state index contributed by atoms with van der Waals surface area (Å²) in [4.78, 5) is 13.7. The van der Waals surface area contributed by atoms with E-state index in [1.165, 1.54) is 12.1 Å². The summed E-state index contributed by atoms with van der Waals surface area (Å²) in [7, 11) is 0. The molecule has 142 valence electrons. The van der Waals surface area contributed by atoms with Gasteiger partial charge in [0.05, 0.1) is 12.5 Å². The molecule has 27 heavy (non-hydrogen) atoms. The molecule has 2 aromatic rings. The quantitative estimate of drug-likeness (QED) is 0.898. The number of piperidine rings is 1. The Morgan fingerprint density at radius 2 is 2.07 bits per heavy atom. The highest BCUT2D eigenvalue weighted by Crippen LogP contribution is 2.37. The highest BCUT2D eigenvalue weighted by molar-refractivity contribution is 5.76. The number of nitrogens with zero attached hydrogens (tertiary/aromatic N) is 1. The van der Waals surface area contributed by atoms with Gasteiger partial charge in [-0.1, -0.05) is 30.3 Å². The Morgan fingerprint density at radius 3 is 2.85 bits per heavy atom. The number of rotatable bonds is 4. The molecule has 0 aromatic heterocycles. The van der Waals surface area contributed by atoms with Crippen LogP contribution in [0.3, 0.4) is 0 Å². The molecule has 0 bridgehead atoms. The Labute approximate surface area is 157 Å². The number of halogens is 1. The zero-order valence-electron chi connectivity index (χ0n) is 15.1. The number of carbonyl (C=O) groups is 1. The van der Waals surface area contributed by atoms with Crippen LogP contribution in [0, 0.1) is 11.7 Å². The lowest BCUT2D eigenvalue weighted by Crippen LogP contribution is -2.40. The van der Waals surface area contributed by atoms with Crippen LogP contribution in [-0.4, -0.2) is 23.9 Å². The van der Waals surface area contributed by atoms with Gasteiger partial charge in [0.2, 0.25) is 12.2 Å². The van der Waals surface area contributed by atoms with Crippen molar-refractivity contribution in [2.75, 3.05) is 13.1 Å². The van der Waals surface area contributed by atoms with Crippen molar-refractivity contribution >= 4 is 5.91 Å². The fourth-order valence-corrected chi connectivity index (χ4v) is 3.84. The Hall–Kier alpha value is -2.44. The Kier molecular flexibility index (Phi) is 5.09. The van der Waals surface area contributed by atoms with E-state index >= 15 is 0 Å². The maximum Gasteiger partial charge on any atom is 0.227 e. The lowest BCUT2D eigenvalue weighted by molar-refractivity contribution is -0.123. The van der Waals surface area contributed by atoms with Gasteiger partial charge in [0.25, 0.3) is 0 Å². The van der Waals surface area contributed by atoms with Gasteiger partial charge in [0.1, 0.15) is 11.6 Å². The van der Waals surface area contributed by atoms with Crippen LogP contribution in [0.2, 0.25) is 0 Å². The van der Waals surface area contributed by atoms with Crippen molar-refractivity contribution in [2.45, 2.75) is 32.3 Å². The van der Waals surface area contributed by atoms with Gasteiger partial charge in [-0.3, -0.25) is 9.69 Å². The largest absolute Gasteiger partial charge is 0.460 e. The maximum atomic E-state index is 14.1. The van der Waals surface area contributed by atoms with Gasteiger partial charge in [-0.25, -0.2) is 4.39 Å². The molecule has 2 aromatic carbocycles. The van der Waals surface area contributed by atoms with Crippen LogP contribution >= 0.6 is 0 Å². The third-order valence-electron chi connectivity index (χ3n) is 5.20. The van der Waals surface area contributed by atoms with Crippen LogP contribution in [0.1, 0.15) is 35.8 Å². The molecule has 0 spiro atoms. The highest BCUT2D eigenvalue weighted by atomic mass is 19.1. The molecule has 2 aliphatic heterocycles. The zero-order valence-corrected chi connectivity index (χ0v) is 15.1. The van der Waals surface area contributed by atoms with Crippen LogP contribution in [0.4, 0.5) is 4.39 Å². The third-order valence-corrected chi connectivity index (χ3v) is 5.20. The summed E-state index contributed by atoms with van der Waals surface area (Å²) in [5, 5.41) is 0. The summed E-state index contributed by atoms with van der Waals surface area (Å²) in [5.41, 5.74) is 7.88. The molecular weight excluding hydrogens is 347 g/mol. The van der Waals surface area contributed by atoms with Crippen molar-refractivity contribution in [2.24, 2.45) is 11.7 Å². The zero-order chi connectivity index (χ0) is 18.8. The number of carbonyl (C=O) groups excluding carboxylic acids is 1. The lowest BCUT2D eigenvalue weighted by Gasteiger charge is -2.33. The fraction of sp³-hybridized carbons (Fsp3) is 0.381. The van der Waals surface area contributed by atoms with Crippen LogP contribution in [0.5, 0.6) is 5.75 Å². The summed E-state index contributed by atoms with van der Waals surface area (Å²) in [5.74, 6) is -0.0468. The van der Waals surface area contributed by atoms with E-state index < -0.39 is 6.29 Å². The number of hydrogen-bond donors (Lipinski definition) is 1. The van der Waals surface area contributed by atoms with Crippen molar-refractivity contribution < 1.29 is 18.7 Å². The molecule has 1 fully saturated rings. The van der Waals surface area contributed by atoms with Crippen LogP contribution in [0.25, 0.3) is 0 Å². The Bertz CT molecular complexity index is 828. The molecule has 1 amide bonds. The first kappa shape index (κ1) is 17.9. The maximum absolute atomic E-state index is 14.1. The second-order valence-electron chi connectivity index (χ2n) is 7.20. The smallest absolute Gasteiger partial charge is 0.227 e. The number of hydrogen-bond acceptors (Lipinski definition) is 4. The normalized spacial score (nSPS) is 22.7. The Balaban J connectivity index is 1.57. The van der Waals surface area contributed by atoms with Crippen LogP contribution in [0.15, 0.2) is 42.5 Å². The summed E-state index contributed by atoms with van der Waals surface area (Å²) in [6.45, 7) is 2.27.